The van der Waals surface area contributed by atoms with Crippen molar-refractivity contribution in [3.05, 3.63) is 24.3 Å². The average Bonchev–Trinajstić information content (AvgIpc) is 2.66. The van der Waals surface area contributed by atoms with Gasteiger partial charge in [0.1, 0.15) is 5.75 Å². The molecule has 19 heavy (non-hydrogen) atoms. The number of anilines is 1. The van der Waals surface area contributed by atoms with E-state index in [4.69, 9.17) is 4.74 Å². The first-order valence-electron chi connectivity index (χ1n) is 7.24. The van der Waals surface area contributed by atoms with Gasteiger partial charge in [-0.3, -0.25) is 0 Å². The molecule has 0 radical (unpaired) electrons. The van der Waals surface area contributed by atoms with E-state index in [9.17, 15) is 0 Å². The van der Waals surface area contributed by atoms with E-state index in [0.717, 1.165) is 24.6 Å². The molecule has 3 heteroatoms. The quantitative estimate of drug-likeness (QED) is 0.881. The summed E-state index contributed by atoms with van der Waals surface area (Å²) in [6, 6.07) is 9.51. The number of benzene rings is 1. The van der Waals surface area contributed by atoms with Gasteiger partial charge in [0, 0.05) is 30.4 Å². The maximum Gasteiger partial charge on any atom is 0.121 e. The van der Waals surface area contributed by atoms with Crippen molar-refractivity contribution < 1.29 is 4.74 Å². The highest BCUT2D eigenvalue weighted by Gasteiger charge is 2.25. The minimum Gasteiger partial charge on any atom is -0.493 e. The molecule has 1 aromatic carbocycles. The van der Waals surface area contributed by atoms with Crippen LogP contribution in [0.3, 0.4) is 0 Å². The molecule has 1 N–H and O–H groups in total. The number of likely N-dealkylation sites (N-methyl/N-ethyl adjacent to an activating group) is 1. The van der Waals surface area contributed by atoms with E-state index in [2.05, 4.69) is 56.2 Å². The number of nitrogens with zero attached hydrogens (tertiary/aromatic N) is 1. The first-order valence-corrected chi connectivity index (χ1v) is 7.24. The van der Waals surface area contributed by atoms with Crippen LogP contribution < -0.4 is 10.1 Å². The lowest BCUT2D eigenvalue weighted by atomic mass is 10.2. The maximum absolute atomic E-state index is 5.76. The van der Waals surface area contributed by atoms with Crippen molar-refractivity contribution in [1.82, 2.24) is 4.90 Å². The van der Waals surface area contributed by atoms with Crippen LogP contribution in [0.1, 0.15) is 27.2 Å². The first kappa shape index (κ1) is 14.2. The third-order valence-electron chi connectivity index (χ3n) is 3.67. The van der Waals surface area contributed by atoms with Gasteiger partial charge in [-0.2, -0.15) is 0 Å². The fourth-order valence-electron chi connectivity index (χ4n) is 2.47. The predicted octanol–water partition coefficient (Wildman–Crippen LogP) is 3.23. The Morgan fingerprint density at radius 3 is 2.84 bits per heavy atom. The molecule has 1 aromatic rings. The van der Waals surface area contributed by atoms with Crippen LogP contribution in [0, 0.1) is 5.92 Å². The molecule has 1 fully saturated rings. The first-order chi connectivity index (χ1) is 9.04. The van der Waals surface area contributed by atoms with Crippen LogP contribution in [0.25, 0.3) is 0 Å². The van der Waals surface area contributed by atoms with E-state index in [1.54, 1.807) is 0 Å². The summed E-state index contributed by atoms with van der Waals surface area (Å²) < 4.78 is 5.76. The topological polar surface area (TPSA) is 24.5 Å². The normalized spacial score (nSPS) is 23.8. The van der Waals surface area contributed by atoms with Crippen LogP contribution in [-0.2, 0) is 0 Å². The molecule has 2 rings (SSSR count). The van der Waals surface area contributed by atoms with Crippen molar-refractivity contribution in [1.29, 1.82) is 0 Å². The van der Waals surface area contributed by atoms with Crippen molar-refractivity contribution in [3.8, 4) is 5.75 Å². The molecule has 1 aliphatic rings. The number of hydrogen-bond acceptors (Lipinski definition) is 3. The summed E-state index contributed by atoms with van der Waals surface area (Å²) in [5.74, 6) is 1.51. The Labute approximate surface area is 116 Å². The van der Waals surface area contributed by atoms with Crippen LogP contribution in [0.4, 0.5) is 5.69 Å². The maximum atomic E-state index is 5.76. The zero-order valence-corrected chi connectivity index (χ0v) is 12.5. The molecule has 3 nitrogen and oxygen atoms in total. The van der Waals surface area contributed by atoms with Crippen LogP contribution in [0.15, 0.2) is 24.3 Å². The number of nitrogens with one attached hydrogen (secondary N) is 1. The molecule has 1 aliphatic heterocycles. The lowest BCUT2D eigenvalue weighted by Gasteiger charge is -2.15. The van der Waals surface area contributed by atoms with Gasteiger partial charge in [0.05, 0.1) is 6.61 Å². The monoisotopic (exact) mass is 262 g/mol. The molecule has 1 heterocycles. The third-order valence-corrected chi connectivity index (χ3v) is 3.67. The fraction of sp³-hybridized carbons (Fsp3) is 0.625. The van der Waals surface area contributed by atoms with Crippen molar-refractivity contribution in [2.45, 2.75) is 39.3 Å². The molecule has 2 atom stereocenters. The lowest BCUT2D eigenvalue weighted by Crippen LogP contribution is -2.24. The molecule has 0 amide bonds. The van der Waals surface area contributed by atoms with Gasteiger partial charge in [-0.15, -0.1) is 0 Å². The molecule has 0 aromatic heterocycles. The Morgan fingerprint density at radius 2 is 2.21 bits per heavy atom. The standard InChI is InChI=1S/C16H26N2O/c1-12(2)11-19-16-7-5-6-14(9-16)17-15-8-13(3)18(4)10-15/h5-7,9,12-13,15,17H,8,10-11H2,1-4H3. The Balaban J connectivity index is 1.92. The Bertz CT molecular complexity index is 395. The molecule has 0 saturated carbocycles. The predicted molar refractivity (Wildman–Crippen MR) is 80.9 cm³/mol. The van der Waals surface area contributed by atoms with Crippen molar-refractivity contribution in [3.63, 3.8) is 0 Å². The van der Waals surface area contributed by atoms with Crippen molar-refractivity contribution in [2.24, 2.45) is 5.92 Å². The highest BCUT2D eigenvalue weighted by molar-refractivity contribution is 5.49. The second-order valence-electron chi connectivity index (χ2n) is 6.10. The van der Waals surface area contributed by atoms with Crippen LogP contribution in [0.5, 0.6) is 5.75 Å². The Morgan fingerprint density at radius 1 is 1.42 bits per heavy atom. The molecular weight excluding hydrogens is 236 g/mol. The van der Waals surface area contributed by atoms with Gasteiger partial charge < -0.3 is 15.0 Å². The van der Waals surface area contributed by atoms with E-state index in [0.29, 0.717) is 18.0 Å². The van der Waals surface area contributed by atoms with Crippen molar-refractivity contribution >= 4 is 5.69 Å². The summed E-state index contributed by atoms with van der Waals surface area (Å²) in [5, 5.41) is 3.61. The van der Waals surface area contributed by atoms with Gasteiger partial charge in [-0.25, -0.2) is 0 Å². The molecular formula is C16H26N2O. The van der Waals surface area contributed by atoms with Gasteiger partial charge in [0.2, 0.25) is 0 Å². The molecule has 0 spiro atoms. The number of ether oxygens (including phenoxy) is 1. The third kappa shape index (κ3) is 4.13. The summed E-state index contributed by atoms with van der Waals surface area (Å²) in [6.45, 7) is 8.49. The summed E-state index contributed by atoms with van der Waals surface area (Å²) >= 11 is 0. The van der Waals surface area contributed by atoms with Gasteiger partial charge in [0.15, 0.2) is 0 Å². The smallest absolute Gasteiger partial charge is 0.121 e. The SMILES string of the molecule is CC(C)COc1cccc(NC2CC(C)N(C)C2)c1. The van der Waals surface area contributed by atoms with E-state index < -0.39 is 0 Å². The molecule has 2 unspecified atom stereocenters. The van der Waals surface area contributed by atoms with Crippen LogP contribution in [-0.4, -0.2) is 37.2 Å². The number of likely N-dealkylation sites (tertiary alicyclic amines) is 1. The number of hydrogen-bond donors (Lipinski definition) is 1. The minimum absolute atomic E-state index is 0.542. The molecule has 0 aliphatic carbocycles. The second-order valence-corrected chi connectivity index (χ2v) is 6.10. The van der Waals surface area contributed by atoms with Gasteiger partial charge in [-0.05, 0) is 38.4 Å². The van der Waals surface area contributed by atoms with E-state index in [1.807, 2.05) is 6.07 Å². The Kier molecular flexibility index (Phi) is 4.70. The average molecular weight is 262 g/mol. The van der Waals surface area contributed by atoms with E-state index in [-0.39, 0.29) is 0 Å². The summed E-state index contributed by atoms with van der Waals surface area (Å²) in [4.78, 5) is 2.40. The molecule has 106 valence electrons. The molecule has 0 bridgehead atoms. The second kappa shape index (κ2) is 6.29. The summed E-state index contributed by atoms with van der Waals surface area (Å²) in [6.07, 6.45) is 1.20. The zero-order valence-electron chi connectivity index (χ0n) is 12.5. The minimum atomic E-state index is 0.542. The fourth-order valence-corrected chi connectivity index (χ4v) is 2.47. The van der Waals surface area contributed by atoms with Crippen LogP contribution >= 0.6 is 0 Å². The highest BCUT2D eigenvalue weighted by atomic mass is 16.5. The van der Waals surface area contributed by atoms with E-state index in [1.165, 1.54) is 6.42 Å². The van der Waals surface area contributed by atoms with Gasteiger partial charge in [-0.1, -0.05) is 19.9 Å². The highest BCUT2D eigenvalue weighted by Crippen LogP contribution is 2.22. The summed E-state index contributed by atoms with van der Waals surface area (Å²) in [5.41, 5.74) is 1.16. The van der Waals surface area contributed by atoms with Crippen molar-refractivity contribution in [2.75, 3.05) is 25.5 Å². The zero-order chi connectivity index (χ0) is 13.8. The van der Waals surface area contributed by atoms with Gasteiger partial charge in [0.25, 0.3) is 0 Å². The van der Waals surface area contributed by atoms with Gasteiger partial charge >= 0.3 is 0 Å². The number of rotatable bonds is 5. The molecule has 1 saturated heterocycles. The summed E-state index contributed by atoms with van der Waals surface area (Å²) in [7, 11) is 2.19. The lowest BCUT2D eigenvalue weighted by molar-refractivity contribution is 0.271. The largest absolute Gasteiger partial charge is 0.493 e. The van der Waals surface area contributed by atoms with E-state index >= 15 is 0 Å². The Hall–Kier alpha value is -1.22. The van der Waals surface area contributed by atoms with Crippen LogP contribution in [0.2, 0.25) is 0 Å².